The number of amides is 2. The van der Waals surface area contributed by atoms with Crippen molar-refractivity contribution < 1.29 is 18.0 Å². The van der Waals surface area contributed by atoms with Crippen LogP contribution < -0.4 is 20.7 Å². The molecule has 8 nitrogen and oxygen atoms in total. The van der Waals surface area contributed by atoms with E-state index in [4.69, 9.17) is 5.73 Å². The molecule has 2 aromatic carbocycles. The lowest BCUT2D eigenvalue weighted by atomic mass is 9.96. The Kier molecular flexibility index (Phi) is 8.98. The fraction of sp³-hybridized carbons (Fsp3) is 0.417. The Labute approximate surface area is 205 Å². The molecule has 0 radical (unpaired) electrons. The van der Waals surface area contributed by atoms with Gasteiger partial charge in [0.15, 0.2) is 0 Å². The lowest BCUT2D eigenvalue weighted by molar-refractivity contribution is -0.122. The molecule has 2 aromatic rings. The van der Waals surface area contributed by atoms with Gasteiger partial charge in [-0.25, -0.2) is 13.1 Å². The molecule has 1 aliphatic heterocycles. The van der Waals surface area contributed by atoms with Crippen LogP contribution in [0.4, 0.5) is 11.4 Å². The molecule has 1 heterocycles. The molecular weight excluding hydrogens is 472 g/mol. The summed E-state index contributed by atoms with van der Waals surface area (Å²) in [5.74, 6) is -0.533. The molecule has 0 aromatic heterocycles. The smallest absolute Gasteiger partial charge is 0.242 e. The third-order valence-electron chi connectivity index (χ3n) is 5.85. The van der Waals surface area contributed by atoms with Gasteiger partial charge in [0.05, 0.1) is 11.4 Å². The third kappa shape index (κ3) is 6.97. The maximum absolute atomic E-state index is 13.3. The van der Waals surface area contributed by atoms with Crippen molar-refractivity contribution >= 4 is 45.0 Å². The fourth-order valence-electron chi connectivity index (χ4n) is 3.75. The number of benzene rings is 2. The van der Waals surface area contributed by atoms with Crippen molar-refractivity contribution in [3.8, 4) is 0 Å². The Bertz CT molecular complexity index is 1100. The molecule has 2 amide bonds. The number of nitrogens with two attached hydrogens (primary N) is 1. The highest BCUT2D eigenvalue weighted by atomic mass is 32.2. The van der Waals surface area contributed by atoms with Crippen LogP contribution in [0.1, 0.15) is 33.1 Å². The molecule has 0 bridgehead atoms. The van der Waals surface area contributed by atoms with Crippen molar-refractivity contribution in [2.75, 3.05) is 29.1 Å². The first-order chi connectivity index (χ1) is 16.2. The standard InChI is InChI=1S/C24H32N4O4S2/c1-3-17(2)27-34(31,32)22-15-19(26-23(29)16-33-20-7-5-4-6-8-20)9-10-21(22)28-13-11-18(12-14-28)24(25)30/h4-10,15,17-18,27H,3,11-14,16H2,1-2H3,(H2,25,30)(H,26,29). The second-order valence-electron chi connectivity index (χ2n) is 8.43. The van der Waals surface area contributed by atoms with Crippen LogP contribution in [-0.2, 0) is 19.6 Å². The Morgan fingerprint density at radius 3 is 2.44 bits per heavy atom. The number of carbonyl (C=O) groups excluding carboxylic acids is 2. The number of nitrogens with zero attached hydrogens (tertiary/aromatic N) is 1. The Morgan fingerprint density at radius 1 is 1.15 bits per heavy atom. The number of nitrogens with one attached hydrogen (secondary N) is 2. The van der Waals surface area contributed by atoms with Gasteiger partial charge in [0.2, 0.25) is 21.8 Å². The van der Waals surface area contributed by atoms with E-state index in [2.05, 4.69) is 10.0 Å². The molecule has 10 heteroatoms. The van der Waals surface area contributed by atoms with Crippen LogP contribution in [0, 0.1) is 5.92 Å². The minimum atomic E-state index is -3.83. The van der Waals surface area contributed by atoms with Gasteiger partial charge in [0, 0.05) is 35.6 Å². The van der Waals surface area contributed by atoms with Gasteiger partial charge in [-0.2, -0.15) is 0 Å². The van der Waals surface area contributed by atoms with E-state index in [1.165, 1.54) is 17.8 Å². The highest BCUT2D eigenvalue weighted by Crippen LogP contribution is 2.32. The molecule has 1 fully saturated rings. The minimum absolute atomic E-state index is 0.110. The van der Waals surface area contributed by atoms with Crippen molar-refractivity contribution in [1.29, 1.82) is 0 Å². The summed E-state index contributed by atoms with van der Waals surface area (Å²) in [4.78, 5) is 27.1. The summed E-state index contributed by atoms with van der Waals surface area (Å²) in [5.41, 5.74) is 6.41. The monoisotopic (exact) mass is 504 g/mol. The summed E-state index contributed by atoms with van der Waals surface area (Å²) in [5, 5.41) is 2.81. The molecule has 0 saturated carbocycles. The van der Waals surface area contributed by atoms with E-state index in [1.807, 2.05) is 49.1 Å². The van der Waals surface area contributed by atoms with E-state index >= 15 is 0 Å². The maximum Gasteiger partial charge on any atom is 0.242 e. The summed E-state index contributed by atoms with van der Waals surface area (Å²) in [6, 6.07) is 14.3. The van der Waals surface area contributed by atoms with Crippen LogP contribution in [0.15, 0.2) is 58.3 Å². The van der Waals surface area contributed by atoms with E-state index in [-0.39, 0.29) is 34.4 Å². The van der Waals surface area contributed by atoms with Gasteiger partial charge in [0.1, 0.15) is 4.90 Å². The van der Waals surface area contributed by atoms with Gasteiger partial charge in [-0.3, -0.25) is 9.59 Å². The predicted octanol–water partition coefficient (Wildman–Crippen LogP) is 3.20. The van der Waals surface area contributed by atoms with E-state index in [0.717, 1.165) is 4.90 Å². The first-order valence-electron chi connectivity index (χ1n) is 11.4. The van der Waals surface area contributed by atoms with Gasteiger partial charge in [-0.05, 0) is 56.5 Å². The average Bonchev–Trinajstić information content (AvgIpc) is 2.83. The Morgan fingerprint density at radius 2 is 1.82 bits per heavy atom. The zero-order valence-corrected chi connectivity index (χ0v) is 21.1. The molecule has 1 unspecified atom stereocenters. The van der Waals surface area contributed by atoms with Gasteiger partial charge in [-0.15, -0.1) is 11.8 Å². The van der Waals surface area contributed by atoms with E-state index in [9.17, 15) is 18.0 Å². The van der Waals surface area contributed by atoms with Crippen molar-refractivity contribution in [2.45, 2.75) is 48.9 Å². The number of sulfonamides is 1. The van der Waals surface area contributed by atoms with E-state index < -0.39 is 10.0 Å². The summed E-state index contributed by atoms with van der Waals surface area (Å²) >= 11 is 1.41. The van der Waals surface area contributed by atoms with Gasteiger partial charge >= 0.3 is 0 Å². The van der Waals surface area contributed by atoms with Crippen LogP contribution >= 0.6 is 11.8 Å². The molecule has 34 heavy (non-hydrogen) atoms. The zero-order valence-electron chi connectivity index (χ0n) is 19.5. The van der Waals surface area contributed by atoms with Crippen molar-refractivity contribution in [3.63, 3.8) is 0 Å². The summed E-state index contributed by atoms with van der Waals surface area (Å²) in [6.07, 6.45) is 1.79. The first kappa shape index (κ1) is 26.1. The highest BCUT2D eigenvalue weighted by Gasteiger charge is 2.28. The largest absolute Gasteiger partial charge is 0.370 e. The summed E-state index contributed by atoms with van der Waals surface area (Å²) in [6.45, 7) is 4.77. The van der Waals surface area contributed by atoms with Crippen LogP contribution in [-0.4, -0.2) is 45.1 Å². The quantitative estimate of drug-likeness (QED) is 0.427. The normalized spacial score (nSPS) is 15.6. The first-order valence-corrected chi connectivity index (χ1v) is 13.8. The Balaban J connectivity index is 1.81. The summed E-state index contributed by atoms with van der Waals surface area (Å²) in [7, 11) is -3.83. The number of hydrogen-bond donors (Lipinski definition) is 3. The average molecular weight is 505 g/mol. The Hall–Kier alpha value is -2.56. The van der Waals surface area contributed by atoms with Gasteiger partial charge in [-0.1, -0.05) is 25.1 Å². The second-order valence-corrected chi connectivity index (χ2v) is 11.2. The van der Waals surface area contributed by atoms with Crippen LogP contribution in [0.2, 0.25) is 0 Å². The van der Waals surface area contributed by atoms with Crippen LogP contribution in [0.5, 0.6) is 0 Å². The minimum Gasteiger partial charge on any atom is -0.370 e. The fourth-order valence-corrected chi connectivity index (χ4v) is 6.05. The lowest BCUT2D eigenvalue weighted by Gasteiger charge is -2.33. The zero-order chi connectivity index (χ0) is 24.7. The van der Waals surface area contributed by atoms with Crippen LogP contribution in [0.25, 0.3) is 0 Å². The predicted molar refractivity (Wildman–Crippen MR) is 136 cm³/mol. The molecule has 1 aliphatic rings. The van der Waals surface area contributed by atoms with E-state index in [1.54, 1.807) is 12.1 Å². The van der Waals surface area contributed by atoms with Crippen molar-refractivity contribution in [3.05, 3.63) is 48.5 Å². The third-order valence-corrected chi connectivity index (χ3v) is 8.48. The van der Waals surface area contributed by atoms with Crippen molar-refractivity contribution in [1.82, 2.24) is 4.72 Å². The number of thioether (sulfide) groups is 1. The van der Waals surface area contributed by atoms with Crippen molar-refractivity contribution in [2.24, 2.45) is 11.7 Å². The van der Waals surface area contributed by atoms with Crippen LogP contribution in [0.3, 0.4) is 0 Å². The highest BCUT2D eigenvalue weighted by molar-refractivity contribution is 8.00. The van der Waals surface area contributed by atoms with E-state index in [0.29, 0.717) is 43.7 Å². The second kappa shape index (κ2) is 11.7. The summed E-state index contributed by atoms with van der Waals surface area (Å²) < 4.78 is 29.2. The number of hydrogen-bond acceptors (Lipinski definition) is 6. The number of primary amides is 1. The maximum atomic E-state index is 13.3. The molecular formula is C24H32N4O4S2. The number of rotatable bonds is 10. The molecule has 0 aliphatic carbocycles. The number of carbonyl (C=O) groups is 2. The SMILES string of the molecule is CCC(C)NS(=O)(=O)c1cc(NC(=O)CSc2ccccc2)ccc1N1CCC(C(N)=O)CC1. The number of piperidine rings is 1. The molecule has 4 N–H and O–H groups in total. The molecule has 1 saturated heterocycles. The molecule has 1 atom stereocenters. The lowest BCUT2D eigenvalue weighted by Crippen LogP contribution is -2.40. The van der Waals surface area contributed by atoms with Gasteiger partial charge in [0.25, 0.3) is 0 Å². The molecule has 3 rings (SSSR count). The molecule has 184 valence electrons. The topological polar surface area (TPSA) is 122 Å². The number of anilines is 2. The molecule has 0 spiro atoms. The van der Waals surface area contributed by atoms with Gasteiger partial charge < -0.3 is 16.0 Å².